The van der Waals surface area contributed by atoms with Crippen LogP contribution >= 0.6 is 0 Å². The summed E-state index contributed by atoms with van der Waals surface area (Å²) in [5.74, 6) is 0.494. The van der Waals surface area contributed by atoms with Crippen LogP contribution < -0.4 is 5.32 Å². The number of nitrogens with zero attached hydrogens (tertiary/aromatic N) is 1. The summed E-state index contributed by atoms with van der Waals surface area (Å²) < 4.78 is 5.69. The molecule has 3 unspecified atom stereocenters. The van der Waals surface area contributed by atoms with E-state index in [0.717, 1.165) is 43.5 Å². The van der Waals surface area contributed by atoms with Gasteiger partial charge in [0.15, 0.2) is 0 Å². The minimum atomic E-state index is -0.0910. The van der Waals surface area contributed by atoms with Gasteiger partial charge in [-0.25, -0.2) is 0 Å². The number of allylic oxidation sites excluding steroid dienone is 1. The molecule has 1 N–H and O–H groups in total. The minimum absolute atomic E-state index is 0.0910. The molecule has 1 heterocycles. The van der Waals surface area contributed by atoms with Gasteiger partial charge in [0, 0.05) is 18.9 Å². The number of carbonyl (C=O) groups excluding carboxylic acids is 1. The zero-order chi connectivity index (χ0) is 20.4. The Morgan fingerprint density at radius 1 is 1.34 bits per heavy atom. The maximum Gasteiger partial charge on any atom is 0.255 e. The standard InChI is InChI=1S/C25H30N2O2/c1-4-25-13-12-21(29-3)16-20(25)8-5-7-18-15-19(10-11-22(18)25)24(28)27-23-9-6-14-26-17(23)2/h5-7,9-11,14-15,20-21H,4,8,12-13,16H2,1-3H3,(H,27,28). The normalized spacial score (nSPS) is 25.6. The van der Waals surface area contributed by atoms with Crippen molar-refractivity contribution in [1.29, 1.82) is 0 Å². The van der Waals surface area contributed by atoms with Crippen molar-refractivity contribution < 1.29 is 9.53 Å². The van der Waals surface area contributed by atoms with Crippen LogP contribution in [0.5, 0.6) is 0 Å². The van der Waals surface area contributed by atoms with Crippen LogP contribution in [0, 0.1) is 12.8 Å². The number of pyridine rings is 1. The van der Waals surface area contributed by atoms with Gasteiger partial charge in [-0.15, -0.1) is 0 Å². The highest BCUT2D eigenvalue weighted by Gasteiger charge is 2.44. The number of aryl methyl sites for hydroxylation is 1. The quantitative estimate of drug-likeness (QED) is 0.747. The zero-order valence-electron chi connectivity index (χ0n) is 17.6. The third-order valence-electron chi connectivity index (χ3n) is 7.03. The molecule has 152 valence electrons. The molecular formula is C25H30N2O2. The highest BCUT2D eigenvalue weighted by atomic mass is 16.5. The lowest BCUT2D eigenvalue weighted by Gasteiger charge is -2.46. The predicted molar refractivity (Wildman–Crippen MR) is 117 cm³/mol. The molecule has 0 bridgehead atoms. The number of hydrogen-bond acceptors (Lipinski definition) is 3. The largest absolute Gasteiger partial charge is 0.381 e. The number of carbonyl (C=O) groups is 1. The van der Waals surface area contributed by atoms with Gasteiger partial charge in [0.2, 0.25) is 0 Å². The van der Waals surface area contributed by atoms with E-state index in [0.29, 0.717) is 17.6 Å². The molecular weight excluding hydrogens is 360 g/mol. The summed E-state index contributed by atoms with van der Waals surface area (Å²) in [5.41, 5.74) is 5.00. The van der Waals surface area contributed by atoms with Crippen molar-refractivity contribution in [3.8, 4) is 0 Å². The Balaban J connectivity index is 1.66. The minimum Gasteiger partial charge on any atom is -0.381 e. The Hall–Kier alpha value is -2.46. The van der Waals surface area contributed by atoms with E-state index in [-0.39, 0.29) is 11.3 Å². The van der Waals surface area contributed by atoms with Crippen LogP contribution in [0.4, 0.5) is 5.69 Å². The third-order valence-corrected chi connectivity index (χ3v) is 7.03. The van der Waals surface area contributed by atoms with Crippen LogP contribution in [0.2, 0.25) is 0 Å². The van der Waals surface area contributed by atoms with E-state index >= 15 is 0 Å². The number of nitrogens with one attached hydrogen (secondary N) is 1. The van der Waals surface area contributed by atoms with E-state index < -0.39 is 0 Å². The molecule has 4 rings (SSSR count). The highest BCUT2D eigenvalue weighted by molar-refractivity contribution is 6.05. The van der Waals surface area contributed by atoms with Crippen LogP contribution in [0.15, 0.2) is 42.6 Å². The average Bonchev–Trinajstić information content (AvgIpc) is 2.91. The summed E-state index contributed by atoms with van der Waals surface area (Å²) >= 11 is 0. The number of aromatic nitrogens is 1. The molecule has 4 heteroatoms. The van der Waals surface area contributed by atoms with E-state index in [1.165, 1.54) is 11.1 Å². The van der Waals surface area contributed by atoms with Gasteiger partial charge in [0.05, 0.1) is 17.5 Å². The van der Waals surface area contributed by atoms with Gasteiger partial charge in [-0.1, -0.05) is 25.1 Å². The maximum atomic E-state index is 12.9. The molecule has 3 atom stereocenters. The second kappa shape index (κ2) is 8.11. The molecule has 1 aromatic heterocycles. The average molecular weight is 391 g/mol. The number of hydrogen-bond donors (Lipinski definition) is 1. The van der Waals surface area contributed by atoms with Crippen molar-refractivity contribution in [2.75, 3.05) is 12.4 Å². The molecule has 4 nitrogen and oxygen atoms in total. The summed E-state index contributed by atoms with van der Waals surface area (Å²) in [6.07, 6.45) is 12.1. The molecule has 0 radical (unpaired) electrons. The molecule has 1 aromatic carbocycles. The van der Waals surface area contributed by atoms with Crippen molar-refractivity contribution in [2.24, 2.45) is 5.92 Å². The summed E-state index contributed by atoms with van der Waals surface area (Å²) in [5, 5.41) is 3.00. The Morgan fingerprint density at radius 2 is 2.21 bits per heavy atom. The van der Waals surface area contributed by atoms with Crippen molar-refractivity contribution in [1.82, 2.24) is 4.98 Å². The number of benzene rings is 1. The van der Waals surface area contributed by atoms with Crippen LogP contribution in [0.25, 0.3) is 6.08 Å². The Bertz CT molecular complexity index is 936. The summed E-state index contributed by atoms with van der Waals surface area (Å²) in [4.78, 5) is 17.1. The fourth-order valence-corrected chi connectivity index (χ4v) is 5.30. The number of anilines is 1. The van der Waals surface area contributed by atoms with Gasteiger partial charge in [0.25, 0.3) is 5.91 Å². The first-order chi connectivity index (χ1) is 14.1. The first-order valence-electron chi connectivity index (χ1n) is 10.6. The van der Waals surface area contributed by atoms with Gasteiger partial charge in [-0.05, 0) is 85.8 Å². The van der Waals surface area contributed by atoms with Crippen molar-refractivity contribution in [3.05, 3.63) is 65.0 Å². The number of fused-ring (bicyclic) bond motifs is 3. The Kier molecular flexibility index (Phi) is 5.55. The summed E-state index contributed by atoms with van der Waals surface area (Å²) in [6.45, 7) is 4.21. The smallest absolute Gasteiger partial charge is 0.255 e. The van der Waals surface area contributed by atoms with Crippen LogP contribution in [0.1, 0.15) is 66.2 Å². The van der Waals surface area contributed by atoms with Gasteiger partial charge >= 0.3 is 0 Å². The second-order valence-electron chi connectivity index (χ2n) is 8.37. The van der Waals surface area contributed by atoms with E-state index in [4.69, 9.17) is 4.74 Å². The molecule has 0 saturated heterocycles. The monoisotopic (exact) mass is 390 g/mol. The highest BCUT2D eigenvalue weighted by Crippen LogP contribution is 2.51. The van der Waals surface area contributed by atoms with E-state index in [1.807, 2.05) is 32.2 Å². The second-order valence-corrected chi connectivity index (χ2v) is 8.37. The molecule has 0 aliphatic heterocycles. The third kappa shape index (κ3) is 3.62. The molecule has 2 aromatic rings. The fourth-order valence-electron chi connectivity index (χ4n) is 5.30. The number of ether oxygens (including phenoxy) is 1. The van der Waals surface area contributed by atoms with Gasteiger partial charge in [-0.3, -0.25) is 9.78 Å². The molecule has 0 spiro atoms. The Labute approximate surface area is 173 Å². The Morgan fingerprint density at radius 3 is 2.97 bits per heavy atom. The maximum absolute atomic E-state index is 12.9. The van der Waals surface area contributed by atoms with Crippen molar-refractivity contribution >= 4 is 17.7 Å². The SMILES string of the molecule is CCC12CCC(OC)CC1CC=Cc1cc(C(=O)Nc3cccnc3C)ccc12. The molecule has 2 aliphatic carbocycles. The summed E-state index contributed by atoms with van der Waals surface area (Å²) in [7, 11) is 1.83. The fraction of sp³-hybridized carbons (Fsp3) is 0.440. The number of rotatable bonds is 4. The number of methoxy groups -OCH3 is 1. The lowest BCUT2D eigenvalue weighted by Crippen LogP contribution is -2.42. The van der Waals surface area contributed by atoms with E-state index in [9.17, 15) is 4.79 Å². The van der Waals surface area contributed by atoms with E-state index in [2.05, 4.69) is 41.5 Å². The molecule has 2 aliphatic rings. The lowest BCUT2D eigenvalue weighted by atomic mass is 9.59. The van der Waals surface area contributed by atoms with Gasteiger partial charge in [0.1, 0.15) is 0 Å². The molecule has 1 saturated carbocycles. The summed E-state index contributed by atoms with van der Waals surface area (Å²) in [6, 6.07) is 9.95. The van der Waals surface area contributed by atoms with Crippen LogP contribution in [0.3, 0.4) is 0 Å². The van der Waals surface area contributed by atoms with Crippen LogP contribution in [-0.2, 0) is 10.2 Å². The molecule has 29 heavy (non-hydrogen) atoms. The lowest BCUT2D eigenvalue weighted by molar-refractivity contribution is 0.0151. The predicted octanol–water partition coefficient (Wildman–Crippen LogP) is 5.52. The molecule has 1 fully saturated rings. The first kappa shape index (κ1) is 19.8. The van der Waals surface area contributed by atoms with Crippen molar-refractivity contribution in [2.45, 2.75) is 57.5 Å². The van der Waals surface area contributed by atoms with E-state index in [1.54, 1.807) is 6.20 Å². The first-order valence-corrected chi connectivity index (χ1v) is 10.6. The molecule has 1 amide bonds. The van der Waals surface area contributed by atoms with Crippen molar-refractivity contribution in [3.63, 3.8) is 0 Å². The zero-order valence-corrected chi connectivity index (χ0v) is 17.6. The van der Waals surface area contributed by atoms with Gasteiger partial charge < -0.3 is 10.1 Å². The topological polar surface area (TPSA) is 51.2 Å². The van der Waals surface area contributed by atoms with Gasteiger partial charge in [-0.2, -0.15) is 0 Å². The number of amides is 1. The van der Waals surface area contributed by atoms with Crippen LogP contribution in [-0.4, -0.2) is 24.1 Å².